The average Bonchev–Trinajstić information content (AvgIpc) is 2.97. The van der Waals surface area contributed by atoms with E-state index in [1.807, 2.05) is 6.07 Å². The summed E-state index contributed by atoms with van der Waals surface area (Å²) < 4.78 is 12.7. The van der Waals surface area contributed by atoms with Crippen LogP contribution in [0.4, 0.5) is 0 Å². The van der Waals surface area contributed by atoms with Crippen molar-refractivity contribution in [3.05, 3.63) is 35.9 Å². The van der Waals surface area contributed by atoms with Crippen LogP contribution in [0.1, 0.15) is 30.4 Å². The number of rotatable bonds is 3. The molecule has 1 spiro atoms. The maximum Gasteiger partial charge on any atom is 0.174 e. The van der Waals surface area contributed by atoms with Gasteiger partial charge in [-0.25, -0.2) is 0 Å². The van der Waals surface area contributed by atoms with Crippen molar-refractivity contribution in [3.8, 4) is 11.5 Å². The van der Waals surface area contributed by atoms with Crippen molar-refractivity contribution in [2.24, 2.45) is 0 Å². The molecule has 1 aromatic rings. The number of likely N-dealkylation sites (N-methyl/N-ethyl adjacent to an activating group) is 1. The highest BCUT2D eigenvalue weighted by Crippen LogP contribution is 2.65. The Morgan fingerprint density at radius 2 is 2.32 bits per heavy atom. The number of Topliss-reactive ketones (excluding diaryl/α,β-unsaturated/α-hetero) is 1. The van der Waals surface area contributed by atoms with E-state index in [-0.39, 0.29) is 17.6 Å². The van der Waals surface area contributed by atoms with Crippen LogP contribution in [-0.4, -0.2) is 53.7 Å². The number of benzene rings is 1. The molecule has 0 amide bonds. The molecule has 5 heteroatoms. The number of hydrogen-bond acceptors (Lipinski definition) is 5. The van der Waals surface area contributed by atoms with Crippen LogP contribution in [0.25, 0.3) is 0 Å². The molecule has 2 bridgehead atoms. The van der Waals surface area contributed by atoms with Gasteiger partial charge in [0.05, 0.1) is 17.6 Å². The SMILES string of the molecule is C=CCO[C@@]12CCC(=O)[C@@H]3Oc4c(O)ccc5c4[C@@]31CCN(C)[C@@H]2C5. The normalized spacial score (nSPS) is 38.2. The number of ether oxygens (including phenoxy) is 2. The zero-order valence-corrected chi connectivity index (χ0v) is 14.5. The van der Waals surface area contributed by atoms with Gasteiger partial charge in [-0.3, -0.25) is 4.79 Å². The van der Waals surface area contributed by atoms with Crippen molar-refractivity contribution in [1.29, 1.82) is 0 Å². The van der Waals surface area contributed by atoms with Gasteiger partial charge in [0.15, 0.2) is 23.4 Å². The fourth-order valence-electron chi connectivity index (χ4n) is 6.01. The summed E-state index contributed by atoms with van der Waals surface area (Å²) in [6, 6.07) is 3.88. The number of ketones is 1. The zero-order valence-electron chi connectivity index (χ0n) is 14.5. The molecule has 5 nitrogen and oxygen atoms in total. The maximum atomic E-state index is 12.8. The molecule has 5 rings (SSSR count). The molecule has 2 heterocycles. The van der Waals surface area contributed by atoms with E-state index in [0.29, 0.717) is 25.2 Å². The van der Waals surface area contributed by atoms with Crippen LogP contribution >= 0.6 is 0 Å². The summed E-state index contributed by atoms with van der Waals surface area (Å²) in [4.78, 5) is 15.2. The van der Waals surface area contributed by atoms with E-state index < -0.39 is 17.1 Å². The third-order valence-corrected chi connectivity index (χ3v) is 6.94. The molecular formula is C20H23NO4. The van der Waals surface area contributed by atoms with Crippen LogP contribution in [0, 0.1) is 0 Å². The first-order chi connectivity index (χ1) is 12.0. The first-order valence-corrected chi connectivity index (χ1v) is 9.05. The summed E-state index contributed by atoms with van der Waals surface area (Å²) in [5, 5.41) is 10.4. The van der Waals surface area contributed by atoms with Crippen molar-refractivity contribution >= 4 is 5.78 Å². The molecule has 2 aliphatic carbocycles. The Bertz CT molecular complexity index is 786. The van der Waals surface area contributed by atoms with Gasteiger partial charge in [0.25, 0.3) is 0 Å². The highest BCUT2D eigenvalue weighted by atomic mass is 16.5. The largest absolute Gasteiger partial charge is 0.504 e. The minimum atomic E-state index is -0.551. The van der Waals surface area contributed by atoms with Crippen LogP contribution in [0.3, 0.4) is 0 Å². The number of carbonyl (C=O) groups is 1. The lowest BCUT2D eigenvalue weighted by Crippen LogP contribution is -2.77. The molecule has 132 valence electrons. The minimum Gasteiger partial charge on any atom is -0.504 e. The fourth-order valence-corrected chi connectivity index (χ4v) is 6.01. The molecule has 2 fully saturated rings. The second-order valence-electron chi connectivity index (χ2n) is 7.82. The van der Waals surface area contributed by atoms with Gasteiger partial charge in [0, 0.05) is 18.0 Å². The quantitative estimate of drug-likeness (QED) is 0.852. The van der Waals surface area contributed by atoms with Crippen molar-refractivity contribution in [2.75, 3.05) is 20.2 Å². The number of likely N-dealkylation sites (tertiary alicyclic amines) is 1. The van der Waals surface area contributed by atoms with Crippen LogP contribution in [0.15, 0.2) is 24.8 Å². The number of piperidine rings is 1. The predicted octanol–water partition coefficient (Wildman–Crippen LogP) is 1.96. The van der Waals surface area contributed by atoms with Gasteiger partial charge in [0.1, 0.15) is 0 Å². The van der Waals surface area contributed by atoms with E-state index in [4.69, 9.17) is 9.47 Å². The van der Waals surface area contributed by atoms with E-state index in [1.165, 1.54) is 5.56 Å². The van der Waals surface area contributed by atoms with E-state index >= 15 is 0 Å². The number of hydrogen-bond donors (Lipinski definition) is 1. The monoisotopic (exact) mass is 341 g/mol. The van der Waals surface area contributed by atoms with Crippen molar-refractivity contribution in [3.63, 3.8) is 0 Å². The second kappa shape index (κ2) is 4.86. The molecule has 1 aromatic carbocycles. The van der Waals surface area contributed by atoms with Gasteiger partial charge in [-0.05, 0) is 44.5 Å². The lowest BCUT2D eigenvalue weighted by atomic mass is 9.49. The lowest BCUT2D eigenvalue weighted by Gasteiger charge is -2.63. The number of aromatic hydroxyl groups is 1. The van der Waals surface area contributed by atoms with Crippen molar-refractivity contribution in [1.82, 2.24) is 4.90 Å². The fraction of sp³-hybridized carbons (Fsp3) is 0.550. The molecule has 2 aliphatic heterocycles. The van der Waals surface area contributed by atoms with Crippen LogP contribution < -0.4 is 4.74 Å². The van der Waals surface area contributed by atoms with Crippen LogP contribution in [-0.2, 0) is 21.4 Å². The summed E-state index contributed by atoms with van der Waals surface area (Å²) in [6.07, 6.45) is 4.03. The molecule has 0 unspecified atom stereocenters. The molecule has 25 heavy (non-hydrogen) atoms. The number of phenolic OH excluding ortho intramolecular Hbond substituents is 1. The first-order valence-electron chi connectivity index (χ1n) is 9.05. The third-order valence-electron chi connectivity index (χ3n) is 6.94. The third kappa shape index (κ3) is 1.59. The Morgan fingerprint density at radius 3 is 3.12 bits per heavy atom. The van der Waals surface area contributed by atoms with Crippen LogP contribution in [0.5, 0.6) is 11.5 Å². The molecule has 0 aromatic heterocycles. The predicted molar refractivity (Wildman–Crippen MR) is 92.1 cm³/mol. The summed E-state index contributed by atoms with van der Waals surface area (Å²) in [6.45, 7) is 5.17. The highest BCUT2D eigenvalue weighted by Gasteiger charge is 2.73. The molecule has 4 aliphatic rings. The van der Waals surface area contributed by atoms with Crippen molar-refractivity contribution in [2.45, 2.75) is 48.8 Å². The molecule has 0 radical (unpaired) electrons. The summed E-state index contributed by atoms with van der Waals surface area (Å²) in [5.74, 6) is 0.766. The van der Waals surface area contributed by atoms with E-state index in [2.05, 4.69) is 18.5 Å². The Kier molecular flexibility index (Phi) is 3.00. The van der Waals surface area contributed by atoms with Crippen molar-refractivity contribution < 1.29 is 19.4 Å². The van der Waals surface area contributed by atoms with Gasteiger partial charge in [0.2, 0.25) is 0 Å². The topological polar surface area (TPSA) is 59.0 Å². The summed E-state index contributed by atoms with van der Waals surface area (Å²) in [7, 11) is 2.14. The standard InChI is InChI=1S/C20H23NO4/c1-3-10-24-20-7-6-14(23)18-19(20)8-9-21(2)15(20)11-12-4-5-13(22)17(25-18)16(12)19/h3-5,15,18,22H,1,6-11H2,2H3/t15-,18+,19+,20-/m1/s1. The van der Waals surface area contributed by atoms with Gasteiger partial charge < -0.3 is 19.5 Å². The van der Waals surface area contributed by atoms with Gasteiger partial charge in [-0.2, -0.15) is 0 Å². The van der Waals surface area contributed by atoms with Gasteiger partial charge in [-0.15, -0.1) is 6.58 Å². The Balaban J connectivity index is 1.82. The zero-order chi connectivity index (χ0) is 17.4. The Labute approximate surface area is 147 Å². The molecule has 1 saturated carbocycles. The first kappa shape index (κ1) is 15.4. The number of phenols is 1. The molecule has 4 atom stereocenters. The summed E-state index contributed by atoms with van der Waals surface area (Å²) >= 11 is 0. The van der Waals surface area contributed by atoms with Gasteiger partial charge in [-0.1, -0.05) is 12.1 Å². The second-order valence-corrected chi connectivity index (χ2v) is 7.82. The van der Waals surface area contributed by atoms with Crippen LogP contribution in [0.2, 0.25) is 0 Å². The molecule has 1 saturated heterocycles. The smallest absolute Gasteiger partial charge is 0.174 e. The Morgan fingerprint density at radius 1 is 1.48 bits per heavy atom. The molecular weight excluding hydrogens is 318 g/mol. The minimum absolute atomic E-state index is 0.129. The Hall–Kier alpha value is -1.85. The van der Waals surface area contributed by atoms with Gasteiger partial charge >= 0.3 is 0 Å². The van der Waals surface area contributed by atoms with E-state index in [1.54, 1.807) is 12.1 Å². The molecule has 1 N–H and O–H groups in total. The highest BCUT2D eigenvalue weighted by molar-refractivity contribution is 5.90. The lowest BCUT2D eigenvalue weighted by molar-refractivity contribution is -0.205. The maximum absolute atomic E-state index is 12.8. The number of nitrogens with zero attached hydrogens (tertiary/aromatic N) is 1. The average molecular weight is 341 g/mol. The summed E-state index contributed by atoms with van der Waals surface area (Å²) in [5.41, 5.74) is 1.24. The van der Waals surface area contributed by atoms with E-state index in [0.717, 1.165) is 24.9 Å². The number of carbonyl (C=O) groups excluding carboxylic acids is 1. The van der Waals surface area contributed by atoms with E-state index in [9.17, 15) is 9.90 Å².